The molecule has 1 heterocycles. The molecule has 1 fully saturated rings. The number of fused-ring (bicyclic) bond motifs is 1. The molecule has 5 nitrogen and oxygen atoms in total. The lowest BCUT2D eigenvalue weighted by atomic mass is 9.97. The van der Waals surface area contributed by atoms with Gasteiger partial charge in [-0.05, 0) is 44.1 Å². The standard InChI is InChI=1S/C21H25NO4/c1-15(26-19-11-6-8-16-7-2-3-10-18(16)19)21(25)22-14-5-4-9-17(22)12-13-20(23)24/h2-3,6-8,10-11,15,17H,4-5,9,12-14H2,1H3,(H,23,24). The van der Waals surface area contributed by atoms with E-state index in [2.05, 4.69) is 0 Å². The van der Waals surface area contributed by atoms with Crippen LogP contribution in [0.1, 0.15) is 39.0 Å². The fourth-order valence-corrected chi connectivity index (χ4v) is 3.65. The van der Waals surface area contributed by atoms with Gasteiger partial charge in [0.25, 0.3) is 5.91 Å². The Balaban J connectivity index is 1.72. The molecule has 2 aromatic rings. The number of likely N-dealkylation sites (tertiary alicyclic amines) is 1. The van der Waals surface area contributed by atoms with E-state index in [1.165, 1.54) is 0 Å². The van der Waals surface area contributed by atoms with Gasteiger partial charge < -0.3 is 14.7 Å². The van der Waals surface area contributed by atoms with E-state index in [0.717, 1.165) is 30.0 Å². The number of benzene rings is 2. The van der Waals surface area contributed by atoms with E-state index >= 15 is 0 Å². The Morgan fingerprint density at radius 1 is 1.19 bits per heavy atom. The molecule has 0 aliphatic carbocycles. The van der Waals surface area contributed by atoms with Crippen LogP contribution in [0.25, 0.3) is 10.8 Å². The van der Waals surface area contributed by atoms with Gasteiger partial charge in [0.1, 0.15) is 5.75 Å². The average molecular weight is 355 g/mol. The van der Waals surface area contributed by atoms with Gasteiger partial charge in [-0.2, -0.15) is 0 Å². The quantitative estimate of drug-likeness (QED) is 0.855. The number of ether oxygens (including phenoxy) is 1. The van der Waals surface area contributed by atoms with Gasteiger partial charge in [-0.1, -0.05) is 36.4 Å². The van der Waals surface area contributed by atoms with Crippen LogP contribution in [-0.2, 0) is 9.59 Å². The van der Waals surface area contributed by atoms with Crippen molar-refractivity contribution in [2.24, 2.45) is 0 Å². The summed E-state index contributed by atoms with van der Waals surface area (Å²) in [6.07, 6.45) is 2.84. The first kappa shape index (κ1) is 18.2. The Bertz CT molecular complexity index is 783. The second kappa shape index (κ2) is 8.21. The Kier molecular flexibility index (Phi) is 5.76. The molecular formula is C21H25NO4. The van der Waals surface area contributed by atoms with Crippen molar-refractivity contribution < 1.29 is 19.4 Å². The van der Waals surface area contributed by atoms with Crippen LogP contribution in [0, 0.1) is 0 Å². The molecule has 2 unspecified atom stereocenters. The van der Waals surface area contributed by atoms with Crippen molar-refractivity contribution in [2.45, 2.75) is 51.2 Å². The summed E-state index contributed by atoms with van der Waals surface area (Å²) in [5.41, 5.74) is 0. The van der Waals surface area contributed by atoms with Crippen LogP contribution in [0.15, 0.2) is 42.5 Å². The third-order valence-corrected chi connectivity index (χ3v) is 5.00. The third-order valence-electron chi connectivity index (χ3n) is 5.00. The molecule has 0 bridgehead atoms. The molecule has 0 aromatic heterocycles. The van der Waals surface area contributed by atoms with Crippen molar-refractivity contribution >= 4 is 22.6 Å². The van der Waals surface area contributed by atoms with Gasteiger partial charge in [-0.25, -0.2) is 0 Å². The van der Waals surface area contributed by atoms with Gasteiger partial charge in [0.05, 0.1) is 0 Å². The maximum absolute atomic E-state index is 12.9. The summed E-state index contributed by atoms with van der Waals surface area (Å²) in [5.74, 6) is -0.181. The zero-order chi connectivity index (χ0) is 18.5. The van der Waals surface area contributed by atoms with E-state index in [-0.39, 0.29) is 18.4 Å². The van der Waals surface area contributed by atoms with E-state index in [9.17, 15) is 9.59 Å². The first-order valence-corrected chi connectivity index (χ1v) is 9.23. The molecule has 0 spiro atoms. The van der Waals surface area contributed by atoms with Crippen molar-refractivity contribution in [3.63, 3.8) is 0 Å². The van der Waals surface area contributed by atoms with E-state index in [1.54, 1.807) is 6.92 Å². The number of amides is 1. The zero-order valence-electron chi connectivity index (χ0n) is 15.1. The predicted molar refractivity (Wildman–Crippen MR) is 100 cm³/mol. The monoisotopic (exact) mass is 355 g/mol. The van der Waals surface area contributed by atoms with Crippen molar-refractivity contribution in [3.8, 4) is 5.75 Å². The molecule has 1 N–H and O–H groups in total. The number of carboxylic acid groups (broad SMARTS) is 1. The maximum Gasteiger partial charge on any atom is 0.303 e. The predicted octanol–water partition coefficient (Wildman–Crippen LogP) is 3.85. The third kappa shape index (κ3) is 4.15. The van der Waals surface area contributed by atoms with Crippen LogP contribution in [0.2, 0.25) is 0 Å². The van der Waals surface area contributed by atoms with Gasteiger partial charge in [-0.15, -0.1) is 0 Å². The molecular weight excluding hydrogens is 330 g/mol. The summed E-state index contributed by atoms with van der Waals surface area (Å²) in [6.45, 7) is 2.44. The lowest BCUT2D eigenvalue weighted by molar-refractivity contribution is -0.143. The van der Waals surface area contributed by atoms with Crippen molar-refractivity contribution in [1.29, 1.82) is 0 Å². The number of carbonyl (C=O) groups is 2. The molecule has 2 aromatic carbocycles. The number of carbonyl (C=O) groups excluding carboxylic acids is 1. The van der Waals surface area contributed by atoms with Crippen molar-refractivity contribution in [2.75, 3.05) is 6.54 Å². The molecule has 1 saturated heterocycles. The van der Waals surface area contributed by atoms with Crippen molar-refractivity contribution in [3.05, 3.63) is 42.5 Å². The Hall–Kier alpha value is -2.56. The lowest BCUT2D eigenvalue weighted by Gasteiger charge is -2.37. The maximum atomic E-state index is 12.9. The Labute approximate surface area is 153 Å². The van der Waals surface area contributed by atoms with E-state index in [4.69, 9.17) is 9.84 Å². The number of aliphatic carboxylic acids is 1. The molecule has 0 radical (unpaired) electrons. The van der Waals surface area contributed by atoms with Crippen LogP contribution in [0.4, 0.5) is 0 Å². The highest BCUT2D eigenvalue weighted by atomic mass is 16.5. The molecule has 1 aliphatic heterocycles. The minimum atomic E-state index is -0.817. The van der Waals surface area contributed by atoms with Crippen LogP contribution in [-0.4, -0.2) is 40.6 Å². The van der Waals surface area contributed by atoms with Crippen LogP contribution in [0.3, 0.4) is 0 Å². The average Bonchev–Trinajstić information content (AvgIpc) is 2.66. The smallest absolute Gasteiger partial charge is 0.303 e. The SMILES string of the molecule is CC(Oc1cccc2ccccc12)C(=O)N1CCCCC1CCC(=O)O. The Morgan fingerprint density at radius 3 is 2.77 bits per heavy atom. The van der Waals surface area contributed by atoms with Crippen LogP contribution >= 0.6 is 0 Å². The van der Waals surface area contributed by atoms with Crippen LogP contribution in [0.5, 0.6) is 5.75 Å². The number of hydrogen-bond acceptors (Lipinski definition) is 3. The highest BCUT2D eigenvalue weighted by Crippen LogP contribution is 2.27. The lowest BCUT2D eigenvalue weighted by Crippen LogP contribution is -2.49. The number of piperidine rings is 1. The summed E-state index contributed by atoms with van der Waals surface area (Å²) >= 11 is 0. The molecule has 138 valence electrons. The van der Waals surface area contributed by atoms with Gasteiger partial charge in [0.2, 0.25) is 0 Å². The second-order valence-corrected chi connectivity index (χ2v) is 6.85. The van der Waals surface area contributed by atoms with Gasteiger partial charge >= 0.3 is 5.97 Å². The molecule has 5 heteroatoms. The Morgan fingerprint density at radius 2 is 1.96 bits per heavy atom. The fraction of sp³-hybridized carbons (Fsp3) is 0.429. The molecule has 1 amide bonds. The van der Waals surface area contributed by atoms with E-state index < -0.39 is 12.1 Å². The van der Waals surface area contributed by atoms with Crippen molar-refractivity contribution in [1.82, 2.24) is 4.90 Å². The normalized spacial score (nSPS) is 18.5. The number of hydrogen-bond donors (Lipinski definition) is 1. The highest BCUT2D eigenvalue weighted by molar-refractivity contribution is 5.89. The molecule has 2 atom stereocenters. The minimum absolute atomic E-state index is 0.00841. The molecule has 3 rings (SSSR count). The highest BCUT2D eigenvalue weighted by Gasteiger charge is 2.31. The summed E-state index contributed by atoms with van der Waals surface area (Å²) in [7, 11) is 0. The van der Waals surface area contributed by atoms with Gasteiger partial charge in [0, 0.05) is 24.4 Å². The van der Waals surface area contributed by atoms with Gasteiger partial charge in [-0.3, -0.25) is 9.59 Å². The molecule has 26 heavy (non-hydrogen) atoms. The first-order valence-electron chi connectivity index (χ1n) is 9.23. The minimum Gasteiger partial charge on any atom is -0.481 e. The summed E-state index contributed by atoms with van der Waals surface area (Å²) in [4.78, 5) is 25.7. The second-order valence-electron chi connectivity index (χ2n) is 6.85. The fourth-order valence-electron chi connectivity index (χ4n) is 3.65. The van der Waals surface area contributed by atoms with Gasteiger partial charge in [0.15, 0.2) is 6.10 Å². The summed E-state index contributed by atoms with van der Waals surface area (Å²) < 4.78 is 6.01. The molecule has 0 saturated carbocycles. The molecule has 1 aliphatic rings. The number of nitrogens with zero attached hydrogens (tertiary/aromatic N) is 1. The van der Waals surface area contributed by atoms with Crippen LogP contribution < -0.4 is 4.74 Å². The topological polar surface area (TPSA) is 66.8 Å². The zero-order valence-corrected chi connectivity index (χ0v) is 15.1. The van der Waals surface area contributed by atoms with E-state index in [1.807, 2.05) is 47.4 Å². The number of rotatable bonds is 6. The first-order chi connectivity index (χ1) is 12.6. The summed E-state index contributed by atoms with van der Waals surface area (Å²) in [5, 5.41) is 11.0. The summed E-state index contributed by atoms with van der Waals surface area (Å²) in [6, 6.07) is 13.7. The largest absolute Gasteiger partial charge is 0.481 e. The van der Waals surface area contributed by atoms with E-state index in [0.29, 0.717) is 18.7 Å². The number of carboxylic acids is 1.